The van der Waals surface area contributed by atoms with Gasteiger partial charge in [-0.3, -0.25) is 4.79 Å². The van der Waals surface area contributed by atoms with E-state index in [0.29, 0.717) is 10.1 Å². The van der Waals surface area contributed by atoms with Crippen LogP contribution in [0.5, 0.6) is 0 Å². The van der Waals surface area contributed by atoms with Crippen molar-refractivity contribution in [2.45, 2.75) is 15.9 Å². The number of hydrogen-bond donors (Lipinski definition) is 0. The molecule has 0 aliphatic carbocycles. The van der Waals surface area contributed by atoms with Gasteiger partial charge >= 0.3 is 0 Å². The Balaban J connectivity index is 1.65. The van der Waals surface area contributed by atoms with E-state index in [1.165, 1.54) is 17.3 Å². The van der Waals surface area contributed by atoms with Gasteiger partial charge < -0.3 is 0 Å². The second-order valence-corrected chi connectivity index (χ2v) is 13.9. The summed E-state index contributed by atoms with van der Waals surface area (Å²) in [6.45, 7) is 1.57. The summed E-state index contributed by atoms with van der Waals surface area (Å²) >= 11 is 16.9. The molecule has 2 heterocycles. The van der Waals surface area contributed by atoms with Gasteiger partial charge in [-0.2, -0.15) is 5.10 Å². The van der Waals surface area contributed by atoms with Gasteiger partial charge in [-0.15, -0.1) is 0 Å². The number of halogens is 3. The third-order valence-corrected chi connectivity index (χ3v) is 11.2. The van der Waals surface area contributed by atoms with E-state index in [4.69, 9.17) is 16.7 Å². The van der Waals surface area contributed by atoms with Crippen molar-refractivity contribution in [2.75, 3.05) is 5.01 Å². The van der Waals surface area contributed by atoms with Crippen LogP contribution in [0.4, 0.5) is 5.69 Å². The number of fused-ring (bicyclic) bond motifs is 2. The number of Topliss-reactive ketones (excluding diaryl/α,β-unsaturated/α-hetero) is 1. The van der Waals surface area contributed by atoms with Crippen molar-refractivity contribution in [3.8, 4) is 0 Å². The molecule has 2 aliphatic rings. The largest absolute Gasteiger partial charge is 0.292 e. The molecule has 0 radical (unpaired) electrons. The Kier molecular flexibility index (Phi) is 6.56. The molecule has 0 fully saturated rings. The molecule has 4 aromatic rings. The molecule has 3 nitrogen and oxygen atoms in total. The number of rotatable bonds is 4. The smallest absolute Gasteiger partial charge is 0.187 e. The SMILES string of the molecule is CC(=O)C1=NN(c2cccc(Cl)c2)C2(S1)SC(c1ccc(Br)cc1)(c1ccc(Br)cc1)c1ccccc12. The lowest BCUT2D eigenvalue weighted by molar-refractivity contribution is -0.110. The van der Waals surface area contributed by atoms with Gasteiger partial charge in [0.15, 0.2) is 15.0 Å². The number of carbonyl (C=O) groups excluding carboxylic acids is 1. The van der Waals surface area contributed by atoms with Crippen LogP contribution in [-0.2, 0) is 13.7 Å². The molecule has 1 atom stereocenters. The number of nitrogens with zero attached hydrogens (tertiary/aromatic N) is 2. The Morgan fingerprint density at radius 1 is 0.838 bits per heavy atom. The molecule has 184 valence electrons. The summed E-state index contributed by atoms with van der Waals surface area (Å²) in [5.74, 6) is -0.0585. The molecular weight excluding hydrogens is 652 g/mol. The molecule has 6 rings (SSSR count). The molecule has 0 saturated heterocycles. The normalized spacial score (nSPS) is 19.7. The highest BCUT2D eigenvalue weighted by Crippen LogP contribution is 2.71. The summed E-state index contributed by atoms with van der Waals surface area (Å²) < 4.78 is 0.767. The molecule has 0 N–H and O–H groups in total. The topological polar surface area (TPSA) is 32.7 Å². The third-order valence-electron chi connectivity index (χ3n) is 6.50. The summed E-state index contributed by atoms with van der Waals surface area (Å²) in [7, 11) is 0. The standard InChI is InChI=1S/C29H19Br2ClN2OS2/c1-18(35)27-33-34(24-6-4-5-23(32)17-24)29(36-27)26-8-3-2-7-25(26)28(37-29,19-9-13-21(30)14-10-19)20-11-15-22(31)16-12-20/h2-17H,1H3. The van der Waals surface area contributed by atoms with Crippen molar-refractivity contribution in [3.05, 3.63) is 133 Å². The van der Waals surface area contributed by atoms with Crippen LogP contribution in [-0.4, -0.2) is 10.8 Å². The van der Waals surface area contributed by atoms with Crippen LogP contribution in [0.25, 0.3) is 0 Å². The summed E-state index contributed by atoms with van der Waals surface area (Å²) in [6, 6.07) is 33.2. The monoisotopic (exact) mass is 668 g/mol. The lowest BCUT2D eigenvalue weighted by Gasteiger charge is -2.37. The Morgan fingerprint density at radius 3 is 2.00 bits per heavy atom. The first-order valence-electron chi connectivity index (χ1n) is 11.5. The molecule has 4 aromatic carbocycles. The average molecular weight is 671 g/mol. The predicted molar refractivity (Wildman–Crippen MR) is 164 cm³/mol. The molecule has 8 heteroatoms. The van der Waals surface area contributed by atoms with Crippen molar-refractivity contribution in [1.29, 1.82) is 0 Å². The molecule has 1 unspecified atom stereocenters. The Bertz CT molecular complexity index is 1510. The number of hydrazone groups is 1. The van der Waals surface area contributed by atoms with Crippen LogP contribution in [0.1, 0.15) is 29.2 Å². The molecular formula is C29H19Br2ClN2OS2. The maximum absolute atomic E-state index is 12.7. The number of anilines is 1. The maximum atomic E-state index is 12.7. The molecule has 0 amide bonds. The summed E-state index contributed by atoms with van der Waals surface area (Å²) in [5.41, 5.74) is 5.41. The van der Waals surface area contributed by atoms with Gasteiger partial charge in [0.25, 0.3) is 0 Å². The van der Waals surface area contributed by atoms with Crippen molar-refractivity contribution >= 4 is 83.5 Å². The number of hydrogen-bond acceptors (Lipinski definition) is 5. The first-order valence-corrected chi connectivity index (χ1v) is 15.1. The molecule has 0 bridgehead atoms. The first kappa shape index (κ1) is 25.3. The van der Waals surface area contributed by atoms with Crippen molar-refractivity contribution < 1.29 is 4.79 Å². The highest BCUT2D eigenvalue weighted by atomic mass is 79.9. The Labute approximate surface area is 245 Å². The Hall–Kier alpha value is -2.03. The Morgan fingerprint density at radius 2 is 1.43 bits per heavy atom. The van der Waals surface area contributed by atoms with Crippen molar-refractivity contribution in [2.24, 2.45) is 5.10 Å². The van der Waals surface area contributed by atoms with Crippen molar-refractivity contribution in [3.63, 3.8) is 0 Å². The van der Waals surface area contributed by atoms with Gasteiger partial charge in [0.1, 0.15) is 0 Å². The van der Waals surface area contributed by atoms with E-state index in [1.54, 1.807) is 18.7 Å². The van der Waals surface area contributed by atoms with E-state index in [0.717, 1.165) is 31.3 Å². The number of thioether (sulfide) groups is 2. The van der Waals surface area contributed by atoms with E-state index in [1.807, 2.05) is 29.3 Å². The van der Waals surface area contributed by atoms with Crippen LogP contribution in [0.3, 0.4) is 0 Å². The van der Waals surface area contributed by atoms with Gasteiger partial charge in [-0.05, 0) is 59.2 Å². The minimum absolute atomic E-state index is 0.0585. The molecule has 0 aromatic heterocycles. The van der Waals surface area contributed by atoms with E-state index in [2.05, 4.69) is 105 Å². The molecule has 2 aliphatic heterocycles. The number of carbonyl (C=O) groups is 1. The zero-order valence-electron chi connectivity index (χ0n) is 19.5. The van der Waals surface area contributed by atoms with Gasteiger partial charge in [-0.1, -0.05) is 122 Å². The van der Waals surface area contributed by atoms with Gasteiger partial charge in [-0.25, -0.2) is 5.01 Å². The van der Waals surface area contributed by atoms with Gasteiger partial charge in [0, 0.05) is 26.5 Å². The first-order chi connectivity index (χ1) is 17.8. The zero-order valence-corrected chi connectivity index (χ0v) is 25.1. The van der Waals surface area contributed by atoms with Crippen LogP contribution in [0, 0.1) is 0 Å². The quantitative estimate of drug-likeness (QED) is 0.217. The minimum Gasteiger partial charge on any atom is -0.292 e. The lowest BCUT2D eigenvalue weighted by Crippen LogP contribution is -2.34. The lowest BCUT2D eigenvalue weighted by atomic mass is 9.82. The van der Waals surface area contributed by atoms with Gasteiger partial charge in [0.05, 0.1) is 10.4 Å². The highest BCUT2D eigenvalue weighted by molar-refractivity contribution is 9.10. The van der Waals surface area contributed by atoms with Gasteiger partial charge in [0.2, 0.25) is 0 Å². The second-order valence-electron chi connectivity index (χ2n) is 8.78. The summed E-state index contributed by atoms with van der Waals surface area (Å²) in [5, 5.41) is 7.95. The third kappa shape index (κ3) is 4.10. The molecule has 37 heavy (non-hydrogen) atoms. The average Bonchev–Trinajstić information content (AvgIpc) is 3.43. The minimum atomic E-state index is -0.720. The van der Waals surface area contributed by atoms with Crippen LogP contribution in [0.2, 0.25) is 5.02 Å². The van der Waals surface area contributed by atoms with E-state index >= 15 is 0 Å². The highest BCUT2D eigenvalue weighted by Gasteiger charge is 2.61. The summed E-state index contributed by atoms with van der Waals surface area (Å²) in [6.07, 6.45) is 0. The van der Waals surface area contributed by atoms with E-state index in [9.17, 15) is 4.79 Å². The van der Waals surface area contributed by atoms with E-state index in [-0.39, 0.29) is 5.78 Å². The fourth-order valence-corrected chi connectivity index (χ4v) is 9.18. The van der Waals surface area contributed by atoms with Crippen LogP contribution >= 0.6 is 67.0 Å². The fraction of sp³-hybridized carbons (Fsp3) is 0.103. The van der Waals surface area contributed by atoms with Crippen LogP contribution < -0.4 is 5.01 Å². The summed E-state index contributed by atoms with van der Waals surface area (Å²) in [4.78, 5) is 12.7. The maximum Gasteiger partial charge on any atom is 0.187 e. The zero-order chi connectivity index (χ0) is 25.8. The molecule has 1 spiro atoms. The number of benzene rings is 4. The van der Waals surface area contributed by atoms with Crippen LogP contribution in [0.15, 0.2) is 111 Å². The molecule has 0 saturated carbocycles. The van der Waals surface area contributed by atoms with Crippen molar-refractivity contribution in [1.82, 2.24) is 0 Å². The predicted octanol–water partition coefficient (Wildman–Crippen LogP) is 9.17. The van der Waals surface area contributed by atoms with E-state index < -0.39 is 8.95 Å². The number of ketones is 1. The second kappa shape index (κ2) is 9.62. The fourth-order valence-electron chi connectivity index (χ4n) is 4.91.